The molecule has 0 aliphatic heterocycles. The summed E-state index contributed by atoms with van der Waals surface area (Å²) in [6.45, 7) is 5.95. The molecule has 1 amide bonds. The monoisotopic (exact) mass is 501 g/mol. The van der Waals surface area contributed by atoms with Crippen LogP contribution in [0.5, 0.6) is 5.75 Å². The lowest BCUT2D eigenvalue weighted by molar-refractivity contribution is -0.118. The average Bonchev–Trinajstić information content (AvgIpc) is 3.08. The van der Waals surface area contributed by atoms with Crippen molar-refractivity contribution < 1.29 is 19.1 Å². The molecule has 2 aromatic carbocycles. The molecule has 162 valence electrons. The lowest BCUT2D eigenvalue weighted by Gasteiger charge is -2.11. The minimum atomic E-state index is -0.497. The van der Waals surface area contributed by atoms with E-state index < -0.39 is 5.97 Å². The zero-order valence-corrected chi connectivity index (χ0v) is 20.2. The molecule has 0 bridgehead atoms. The van der Waals surface area contributed by atoms with Gasteiger partial charge in [-0.25, -0.2) is 4.79 Å². The molecule has 3 aromatic rings. The quantitative estimate of drug-likeness (QED) is 0.379. The molecule has 0 unspecified atom stereocenters. The van der Waals surface area contributed by atoms with Crippen LogP contribution in [-0.4, -0.2) is 25.6 Å². The van der Waals surface area contributed by atoms with Crippen molar-refractivity contribution in [1.82, 2.24) is 0 Å². The molecule has 0 saturated heterocycles. The molecule has 1 aromatic heterocycles. The number of hydrogen-bond donors (Lipinski definition) is 1. The summed E-state index contributed by atoms with van der Waals surface area (Å²) >= 11 is 4.76. The number of rotatable bonds is 7. The standard InChI is InChI=1S/C24H24BrNO4S/c1-14(2)17-6-5-7-19(12-17)30-13-20(27)26-23-22(24(28)29-4)21(15(3)31-23)16-8-10-18(25)11-9-16/h5-12,14H,13H2,1-4H3,(H,26,27). The van der Waals surface area contributed by atoms with Gasteiger partial charge in [-0.2, -0.15) is 0 Å². The van der Waals surface area contributed by atoms with Crippen molar-refractivity contribution in [3.8, 4) is 16.9 Å². The van der Waals surface area contributed by atoms with Gasteiger partial charge in [-0.05, 0) is 48.2 Å². The molecule has 31 heavy (non-hydrogen) atoms. The van der Waals surface area contributed by atoms with Crippen LogP contribution in [0.2, 0.25) is 0 Å². The van der Waals surface area contributed by atoms with Gasteiger partial charge in [0, 0.05) is 14.9 Å². The van der Waals surface area contributed by atoms with E-state index in [1.807, 2.05) is 55.5 Å². The van der Waals surface area contributed by atoms with Crippen LogP contribution in [0.25, 0.3) is 11.1 Å². The third-order valence-corrected chi connectivity index (χ3v) is 6.30. The molecule has 0 spiro atoms. The number of amides is 1. The Morgan fingerprint density at radius 2 is 1.84 bits per heavy atom. The van der Waals surface area contributed by atoms with E-state index in [0.29, 0.717) is 22.2 Å². The van der Waals surface area contributed by atoms with Gasteiger partial charge in [0.05, 0.1) is 7.11 Å². The topological polar surface area (TPSA) is 64.6 Å². The number of benzene rings is 2. The lowest BCUT2D eigenvalue weighted by atomic mass is 10.0. The number of halogens is 1. The number of thiophene rings is 1. The molecule has 1 N–H and O–H groups in total. The Morgan fingerprint density at radius 3 is 2.48 bits per heavy atom. The van der Waals surface area contributed by atoms with E-state index in [1.165, 1.54) is 18.4 Å². The van der Waals surface area contributed by atoms with E-state index in [4.69, 9.17) is 9.47 Å². The molecule has 0 fully saturated rings. The molecular formula is C24H24BrNO4S. The highest BCUT2D eigenvalue weighted by Gasteiger charge is 2.25. The van der Waals surface area contributed by atoms with Gasteiger partial charge in [-0.15, -0.1) is 11.3 Å². The van der Waals surface area contributed by atoms with Crippen LogP contribution in [0, 0.1) is 6.92 Å². The second kappa shape index (κ2) is 10.1. The number of nitrogens with one attached hydrogen (secondary N) is 1. The van der Waals surface area contributed by atoms with E-state index in [0.717, 1.165) is 26.0 Å². The fourth-order valence-electron chi connectivity index (χ4n) is 3.17. The Bertz CT molecular complexity index is 1090. The zero-order valence-electron chi connectivity index (χ0n) is 17.8. The first-order chi connectivity index (χ1) is 14.8. The molecule has 5 nitrogen and oxygen atoms in total. The first kappa shape index (κ1) is 23.0. The number of aryl methyl sites for hydroxylation is 1. The van der Waals surface area contributed by atoms with E-state index in [1.54, 1.807) is 0 Å². The average molecular weight is 502 g/mol. The summed E-state index contributed by atoms with van der Waals surface area (Å²) in [5, 5.41) is 3.27. The van der Waals surface area contributed by atoms with Crippen molar-refractivity contribution in [3.63, 3.8) is 0 Å². The van der Waals surface area contributed by atoms with E-state index in [-0.39, 0.29) is 12.5 Å². The molecule has 0 aliphatic carbocycles. The molecule has 3 rings (SSSR count). The van der Waals surface area contributed by atoms with Gasteiger partial charge >= 0.3 is 5.97 Å². The minimum absolute atomic E-state index is 0.160. The third-order valence-electron chi connectivity index (χ3n) is 4.75. The van der Waals surface area contributed by atoms with Gasteiger partial charge in [0.2, 0.25) is 0 Å². The predicted octanol–water partition coefficient (Wildman–Crippen LogP) is 6.41. The molecule has 0 aliphatic rings. The fraction of sp³-hybridized carbons (Fsp3) is 0.250. The number of hydrogen-bond acceptors (Lipinski definition) is 5. The van der Waals surface area contributed by atoms with Crippen LogP contribution in [0.15, 0.2) is 53.0 Å². The SMILES string of the molecule is COC(=O)c1c(NC(=O)COc2cccc(C(C)C)c2)sc(C)c1-c1ccc(Br)cc1. The Labute approximate surface area is 194 Å². The highest BCUT2D eigenvalue weighted by Crippen LogP contribution is 2.40. The Hall–Kier alpha value is -2.64. The van der Waals surface area contributed by atoms with Crippen LogP contribution < -0.4 is 10.1 Å². The summed E-state index contributed by atoms with van der Waals surface area (Å²) in [6, 6.07) is 15.3. The molecule has 0 radical (unpaired) electrons. The van der Waals surface area contributed by atoms with Crippen molar-refractivity contribution in [3.05, 3.63) is 69.0 Å². The zero-order chi connectivity index (χ0) is 22.5. The summed E-state index contributed by atoms with van der Waals surface area (Å²) < 4.78 is 11.6. The van der Waals surface area contributed by atoms with E-state index >= 15 is 0 Å². The normalized spacial score (nSPS) is 10.8. The maximum Gasteiger partial charge on any atom is 0.341 e. The van der Waals surface area contributed by atoms with Gasteiger partial charge in [0.15, 0.2) is 6.61 Å². The first-order valence-electron chi connectivity index (χ1n) is 9.80. The van der Waals surface area contributed by atoms with Crippen molar-refractivity contribution in [2.45, 2.75) is 26.7 Å². The predicted molar refractivity (Wildman–Crippen MR) is 128 cm³/mol. The van der Waals surface area contributed by atoms with Crippen LogP contribution in [0.3, 0.4) is 0 Å². The molecule has 1 heterocycles. The van der Waals surface area contributed by atoms with Gasteiger partial charge in [0.25, 0.3) is 5.91 Å². The highest BCUT2D eigenvalue weighted by atomic mass is 79.9. The van der Waals surface area contributed by atoms with Crippen LogP contribution in [0.4, 0.5) is 5.00 Å². The van der Waals surface area contributed by atoms with Gasteiger partial charge in [-0.3, -0.25) is 4.79 Å². The van der Waals surface area contributed by atoms with E-state index in [9.17, 15) is 9.59 Å². The van der Waals surface area contributed by atoms with Crippen LogP contribution >= 0.6 is 27.3 Å². The number of ether oxygens (including phenoxy) is 2. The molecular weight excluding hydrogens is 478 g/mol. The van der Waals surface area contributed by atoms with Crippen molar-refractivity contribution >= 4 is 44.1 Å². The molecule has 7 heteroatoms. The summed E-state index contributed by atoms with van der Waals surface area (Å²) in [5.41, 5.74) is 3.12. The van der Waals surface area contributed by atoms with Gasteiger partial charge < -0.3 is 14.8 Å². The van der Waals surface area contributed by atoms with Gasteiger partial charge in [0.1, 0.15) is 16.3 Å². The highest BCUT2D eigenvalue weighted by molar-refractivity contribution is 9.10. The van der Waals surface area contributed by atoms with E-state index in [2.05, 4.69) is 35.1 Å². The smallest absolute Gasteiger partial charge is 0.341 e. The lowest BCUT2D eigenvalue weighted by Crippen LogP contribution is -2.21. The van der Waals surface area contributed by atoms with Crippen molar-refractivity contribution in [1.29, 1.82) is 0 Å². The Kier molecular flexibility index (Phi) is 7.51. The summed E-state index contributed by atoms with van der Waals surface area (Å²) in [7, 11) is 1.33. The largest absolute Gasteiger partial charge is 0.484 e. The van der Waals surface area contributed by atoms with Crippen LogP contribution in [-0.2, 0) is 9.53 Å². The fourth-order valence-corrected chi connectivity index (χ4v) is 4.51. The number of methoxy groups -OCH3 is 1. The molecule has 0 atom stereocenters. The number of carbonyl (C=O) groups excluding carboxylic acids is 2. The number of esters is 1. The second-order valence-electron chi connectivity index (χ2n) is 7.30. The molecule has 0 saturated carbocycles. The maximum atomic E-state index is 12.6. The summed E-state index contributed by atoms with van der Waals surface area (Å²) in [6.07, 6.45) is 0. The second-order valence-corrected chi connectivity index (χ2v) is 9.44. The summed E-state index contributed by atoms with van der Waals surface area (Å²) in [5.74, 6) is 0.158. The minimum Gasteiger partial charge on any atom is -0.484 e. The van der Waals surface area contributed by atoms with Gasteiger partial charge in [-0.1, -0.05) is 54.0 Å². The Morgan fingerprint density at radius 1 is 1.13 bits per heavy atom. The Balaban J connectivity index is 1.81. The number of anilines is 1. The summed E-state index contributed by atoms with van der Waals surface area (Å²) in [4.78, 5) is 26.1. The van der Waals surface area contributed by atoms with Crippen LogP contribution in [0.1, 0.15) is 40.6 Å². The van der Waals surface area contributed by atoms with Crippen molar-refractivity contribution in [2.24, 2.45) is 0 Å². The van der Waals surface area contributed by atoms with Crippen molar-refractivity contribution in [2.75, 3.05) is 19.0 Å². The third kappa shape index (κ3) is 5.54. The maximum absolute atomic E-state index is 12.6. The first-order valence-corrected chi connectivity index (χ1v) is 11.4. The number of carbonyl (C=O) groups is 2.